The number of ether oxygens (including phenoxy) is 1. The van der Waals surface area contributed by atoms with Crippen LogP contribution in [0.4, 0.5) is 13.2 Å². The van der Waals surface area contributed by atoms with Gasteiger partial charge in [0.2, 0.25) is 0 Å². The Labute approximate surface area is 126 Å². The maximum Gasteiger partial charge on any atom is 0.573 e. The zero-order valence-corrected chi connectivity index (χ0v) is 11.8. The fraction of sp³-hybridized carbons (Fsp3) is 0.308. The molecule has 2 aromatic rings. The van der Waals surface area contributed by atoms with Gasteiger partial charge in [0.15, 0.2) is 0 Å². The minimum absolute atomic E-state index is 0. The third-order valence-corrected chi connectivity index (χ3v) is 2.65. The molecule has 0 amide bonds. The topological polar surface area (TPSA) is 53.1 Å². The molecule has 1 aromatic carbocycles. The number of alkyl halides is 3. The smallest absolute Gasteiger partial charge is 0.405 e. The largest absolute Gasteiger partial charge is 0.573 e. The number of benzene rings is 1. The van der Waals surface area contributed by atoms with Crippen LogP contribution >= 0.6 is 12.4 Å². The molecule has 21 heavy (non-hydrogen) atoms. The number of aromatic nitrogens is 2. The summed E-state index contributed by atoms with van der Waals surface area (Å²) < 4.78 is 42.7. The Morgan fingerprint density at radius 3 is 2.62 bits per heavy atom. The lowest BCUT2D eigenvalue weighted by Gasteiger charge is -2.12. The third kappa shape index (κ3) is 4.95. The third-order valence-electron chi connectivity index (χ3n) is 2.65. The molecule has 2 rings (SSSR count). The minimum Gasteiger partial charge on any atom is -0.405 e. The van der Waals surface area contributed by atoms with Gasteiger partial charge >= 0.3 is 6.36 Å². The van der Waals surface area contributed by atoms with E-state index >= 15 is 0 Å². The van der Waals surface area contributed by atoms with Crippen molar-refractivity contribution in [2.24, 2.45) is 5.73 Å². The normalized spacial score (nSPS) is 11.0. The summed E-state index contributed by atoms with van der Waals surface area (Å²) in [6, 6.07) is 5.98. The number of rotatable bonds is 5. The van der Waals surface area contributed by atoms with Crippen molar-refractivity contribution in [3.8, 4) is 16.9 Å². The Bertz CT molecular complexity index is 572. The van der Waals surface area contributed by atoms with E-state index in [9.17, 15) is 13.2 Å². The zero-order valence-electron chi connectivity index (χ0n) is 11.0. The molecular formula is C13H15ClF3N3O. The molecule has 0 spiro atoms. The van der Waals surface area contributed by atoms with Crippen molar-refractivity contribution in [3.05, 3.63) is 36.7 Å². The number of nitrogens with zero attached hydrogens (tertiary/aromatic N) is 2. The Balaban J connectivity index is 0.00000220. The second kappa shape index (κ2) is 7.33. The fourth-order valence-electron chi connectivity index (χ4n) is 1.80. The van der Waals surface area contributed by atoms with Crippen molar-refractivity contribution < 1.29 is 17.9 Å². The fourth-order valence-corrected chi connectivity index (χ4v) is 1.80. The Morgan fingerprint density at radius 2 is 1.95 bits per heavy atom. The van der Waals surface area contributed by atoms with Crippen LogP contribution < -0.4 is 10.5 Å². The average Bonchev–Trinajstić information content (AvgIpc) is 2.83. The van der Waals surface area contributed by atoms with Gasteiger partial charge in [0.25, 0.3) is 0 Å². The highest BCUT2D eigenvalue weighted by molar-refractivity contribution is 5.85. The maximum absolute atomic E-state index is 12.4. The summed E-state index contributed by atoms with van der Waals surface area (Å²) in [6.45, 7) is 1.15. The number of hydrogen-bond acceptors (Lipinski definition) is 3. The number of para-hydroxylation sites is 1. The SMILES string of the molecule is Cl.NCCCn1cc(-c2ccccc2OC(F)(F)F)cn1. The summed E-state index contributed by atoms with van der Waals surface area (Å²) in [7, 11) is 0. The van der Waals surface area contributed by atoms with E-state index in [1.165, 1.54) is 18.3 Å². The van der Waals surface area contributed by atoms with Crippen molar-refractivity contribution in [2.75, 3.05) is 6.54 Å². The second-order valence-corrected chi connectivity index (χ2v) is 4.18. The summed E-state index contributed by atoms with van der Waals surface area (Å²) >= 11 is 0. The molecule has 1 aromatic heterocycles. The number of hydrogen-bond donors (Lipinski definition) is 1. The van der Waals surface area contributed by atoms with Crippen LogP contribution in [0.1, 0.15) is 6.42 Å². The van der Waals surface area contributed by atoms with E-state index in [0.717, 1.165) is 6.42 Å². The van der Waals surface area contributed by atoms with E-state index in [4.69, 9.17) is 5.73 Å². The summed E-state index contributed by atoms with van der Waals surface area (Å²) in [5.74, 6) is -0.238. The van der Waals surface area contributed by atoms with Crippen LogP contribution in [0.25, 0.3) is 11.1 Å². The molecule has 0 aliphatic rings. The molecule has 8 heteroatoms. The molecule has 1 heterocycles. The average molecular weight is 322 g/mol. The van der Waals surface area contributed by atoms with Gasteiger partial charge in [-0.2, -0.15) is 5.10 Å². The first-order valence-electron chi connectivity index (χ1n) is 6.07. The van der Waals surface area contributed by atoms with Crippen LogP contribution in [0.15, 0.2) is 36.7 Å². The Hall–Kier alpha value is -1.73. The summed E-state index contributed by atoms with van der Waals surface area (Å²) in [4.78, 5) is 0. The van der Waals surface area contributed by atoms with E-state index in [0.29, 0.717) is 24.2 Å². The van der Waals surface area contributed by atoms with E-state index in [-0.39, 0.29) is 18.2 Å². The molecule has 0 aliphatic heterocycles. The Morgan fingerprint density at radius 1 is 1.24 bits per heavy atom. The summed E-state index contributed by atoms with van der Waals surface area (Å²) in [6.07, 6.45) is -0.781. The molecule has 4 nitrogen and oxygen atoms in total. The van der Waals surface area contributed by atoms with Gasteiger partial charge in [0.05, 0.1) is 6.20 Å². The van der Waals surface area contributed by atoms with Crippen molar-refractivity contribution >= 4 is 12.4 Å². The van der Waals surface area contributed by atoms with Crippen molar-refractivity contribution in [3.63, 3.8) is 0 Å². The number of halogens is 4. The molecule has 0 atom stereocenters. The zero-order chi connectivity index (χ0) is 14.6. The molecule has 0 fully saturated rings. The molecule has 0 bridgehead atoms. The highest BCUT2D eigenvalue weighted by atomic mass is 35.5. The van der Waals surface area contributed by atoms with Crippen LogP contribution in [0.2, 0.25) is 0 Å². The lowest BCUT2D eigenvalue weighted by atomic mass is 10.1. The first-order valence-corrected chi connectivity index (χ1v) is 6.07. The quantitative estimate of drug-likeness (QED) is 0.920. The van der Waals surface area contributed by atoms with E-state index < -0.39 is 6.36 Å². The molecule has 0 unspecified atom stereocenters. The molecule has 0 aliphatic carbocycles. The van der Waals surface area contributed by atoms with Crippen LogP contribution in [-0.2, 0) is 6.54 Å². The van der Waals surface area contributed by atoms with Crippen LogP contribution in [0, 0.1) is 0 Å². The predicted molar refractivity (Wildman–Crippen MR) is 75.3 cm³/mol. The lowest BCUT2D eigenvalue weighted by Crippen LogP contribution is -2.17. The summed E-state index contributed by atoms with van der Waals surface area (Å²) in [5, 5.41) is 4.09. The van der Waals surface area contributed by atoms with Gasteiger partial charge < -0.3 is 10.5 Å². The molecule has 2 N–H and O–H groups in total. The van der Waals surface area contributed by atoms with Crippen LogP contribution in [0.5, 0.6) is 5.75 Å². The highest BCUT2D eigenvalue weighted by Crippen LogP contribution is 2.33. The Kier molecular flexibility index (Phi) is 6.04. The monoisotopic (exact) mass is 321 g/mol. The maximum atomic E-state index is 12.4. The summed E-state index contributed by atoms with van der Waals surface area (Å²) in [5.41, 5.74) is 6.32. The van der Waals surface area contributed by atoms with Gasteiger partial charge in [-0.05, 0) is 19.0 Å². The molecular weight excluding hydrogens is 307 g/mol. The van der Waals surface area contributed by atoms with E-state index in [1.54, 1.807) is 23.0 Å². The highest BCUT2D eigenvalue weighted by Gasteiger charge is 2.32. The predicted octanol–water partition coefficient (Wildman–Crippen LogP) is 3.22. The molecule has 116 valence electrons. The van der Waals surface area contributed by atoms with E-state index in [2.05, 4.69) is 9.84 Å². The number of aryl methyl sites for hydroxylation is 1. The van der Waals surface area contributed by atoms with Gasteiger partial charge in [-0.25, -0.2) is 0 Å². The minimum atomic E-state index is -4.72. The van der Waals surface area contributed by atoms with Crippen molar-refractivity contribution in [2.45, 2.75) is 19.3 Å². The standard InChI is InChI=1S/C13H14F3N3O.ClH/c14-13(15,16)20-12-5-2-1-4-11(12)10-8-18-19(9-10)7-3-6-17;/h1-2,4-5,8-9H,3,6-7,17H2;1H. The molecule has 0 radical (unpaired) electrons. The lowest BCUT2D eigenvalue weighted by molar-refractivity contribution is -0.274. The van der Waals surface area contributed by atoms with Gasteiger partial charge in [-0.3, -0.25) is 4.68 Å². The van der Waals surface area contributed by atoms with E-state index in [1.807, 2.05) is 0 Å². The second-order valence-electron chi connectivity index (χ2n) is 4.18. The van der Waals surface area contributed by atoms with Crippen molar-refractivity contribution in [1.29, 1.82) is 0 Å². The van der Waals surface area contributed by atoms with Crippen molar-refractivity contribution in [1.82, 2.24) is 9.78 Å². The van der Waals surface area contributed by atoms with Crippen LogP contribution in [0.3, 0.4) is 0 Å². The van der Waals surface area contributed by atoms with Gasteiger partial charge in [0.1, 0.15) is 5.75 Å². The van der Waals surface area contributed by atoms with Gasteiger partial charge in [-0.1, -0.05) is 18.2 Å². The van der Waals surface area contributed by atoms with Crippen LogP contribution in [-0.4, -0.2) is 22.7 Å². The van der Waals surface area contributed by atoms with Gasteiger partial charge in [0, 0.05) is 23.9 Å². The number of nitrogens with two attached hydrogens (primary N) is 1. The molecule has 0 saturated carbocycles. The first kappa shape index (κ1) is 17.3. The molecule has 0 saturated heterocycles. The van der Waals surface area contributed by atoms with Gasteiger partial charge in [-0.15, -0.1) is 25.6 Å². The first-order chi connectivity index (χ1) is 9.49.